The molecule has 2 aromatic carbocycles. The molecule has 0 aromatic heterocycles. The second kappa shape index (κ2) is 14.8. The standard InChI is InChI=1S/C12H11P.C4H10.BF4.Rh/c1-3-7-11(8-4-1)13-12-9-5-2-6-10-12;1-3-4-2;2-1(3,4)5;/h1-10,13H;3-4H2,1-2H3;;/q;;-1;. The summed E-state index contributed by atoms with van der Waals surface area (Å²) in [6.07, 6.45) is 2.64. The van der Waals surface area contributed by atoms with Gasteiger partial charge >= 0.3 is 7.25 Å². The molecule has 0 amide bonds. The van der Waals surface area contributed by atoms with Crippen LogP contribution in [0, 0.1) is 0 Å². The van der Waals surface area contributed by atoms with Gasteiger partial charge in [0.2, 0.25) is 0 Å². The molecule has 0 saturated carbocycles. The van der Waals surface area contributed by atoms with E-state index in [0.29, 0.717) is 0 Å². The summed E-state index contributed by atoms with van der Waals surface area (Å²) >= 11 is 0. The molecule has 0 saturated heterocycles. The summed E-state index contributed by atoms with van der Waals surface area (Å²) in [5, 5.41) is 2.79. The Kier molecular flexibility index (Phi) is 15.8. The first-order valence-electron chi connectivity index (χ1n) is 7.11. The largest absolute Gasteiger partial charge is 0.673 e. The van der Waals surface area contributed by atoms with Crippen LogP contribution in [-0.4, -0.2) is 7.25 Å². The maximum Gasteiger partial charge on any atom is 0.673 e. The molecule has 0 heterocycles. The predicted octanol–water partition coefficient (Wildman–Crippen LogP) is 5.42. The molecular formula is C16H21BF4PRh-. The Hall–Kier alpha value is -0.722. The molecule has 0 fully saturated rings. The maximum atomic E-state index is 9.75. The molecule has 2 aromatic rings. The number of halogens is 4. The first kappa shape index (κ1) is 24.5. The molecule has 0 aliphatic rings. The van der Waals surface area contributed by atoms with Crippen LogP contribution in [0.15, 0.2) is 60.7 Å². The molecule has 0 nitrogen and oxygen atoms in total. The van der Waals surface area contributed by atoms with Gasteiger partial charge in [-0.25, -0.2) is 0 Å². The average molecular weight is 434 g/mol. The van der Waals surface area contributed by atoms with E-state index < -0.39 is 7.25 Å². The Morgan fingerprint density at radius 1 is 0.696 bits per heavy atom. The number of hydrogen-bond donors (Lipinski definition) is 0. The molecule has 7 heteroatoms. The Bertz CT molecular complexity index is 435. The normalized spacial score (nSPS) is 9.48. The molecule has 0 N–H and O–H groups in total. The second-order valence-corrected chi connectivity index (χ2v) is 5.76. The molecule has 0 bridgehead atoms. The van der Waals surface area contributed by atoms with Crippen molar-refractivity contribution in [3.05, 3.63) is 60.7 Å². The number of benzene rings is 2. The monoisotopic (exact) mass is 434 g/mol. The van der Waals surface area contributed by atoms with Crippen LogP contribution in [-0.2, 0) is 19.5 Å². The van der Waals surface area contributed by atoms with Gasteiger partial charge in [0.1, 0.15) is 0 Å². The van der Waals surface area contributed by atoms with Gasteiger partial charge in [-0.2, -0.15) is 0 Å². The SMILES string of the molecule is CCCC.F[B-](F)(F)F.[Rh].c1ccc(Pc2ccccc2)cc1. The maximum absolute atomic E-state index is 9.75. The summed E-state index contributed by atoms with van der Waals surface area (Å²) in [5.41, 5.74) is 0. The topological polar surface area (TPSA) is 0 Å². The van der Waals surface area contributed by atoms with Crippen LogP contribution in [0.3, 0.4) is 0 Å². The zero-order valence-corrected chi connectivity index (χ0v) is 15.7. The van der Waals surface area contributed by atoms with Gasteiger partial charge in [-0.15, -0.1) is 0 Å². The first-order chi connectivity index (χ1) is 10.4. The third kappa shape index (κ3) is 19.2. The molecule has 0 atom stereocenters. The van der Waals surface area contributed by atoms with E-state index in [9.17, 15) is 17.3 Å². The second-order valence-electron chi connectivity index (χ2n) is 4.35. The van der Waals surface area contributed by atoms with Crippen molar-refractivity contribution in [2.75, 3.05) is 0 Å². The van der Waals surface area contributed by atoms with Gasteiger partial charge < -0.3 is 17.3 Å². The minimum atomic E-state index is -6.00. The molecule has 0 aliphatic carbocycles. The fourth-order valence-electron chi connectivity index (χ4n) is 1.21. The van der Waals surface area contributed by atoms with Crippen molar-refractivity contribution in [3.8, 4) is 0 Å². The van der Waals surface area contributed by atoms with Crippen LogP contribution in [0.25, 0.3) is 0 Å². The first-order valence-corrected chi connectivity index (χ1v) is 8.11. The van der Waals surface area contributed by atoms with Crippen molar-refractivity contribution in [1.82, 2.24) is 0 Å². The Morgan fingerprint density at radius 3 is 1.17 bits per heavy atom. The van der Waals surface area contributed by atoms with Gasteiger partial charge in [0.05, 0.1) is 0 Å². The van der Waals surface area contributed by atoms with E-state index in [1.54, 1.807) is 0 Å². The summed E-state index contributed by atoms with van der Waals surface area (Å²) in [4.78, 5) is 0. The molecule has 0 spiro atoms. The molecule has 1 radical (unpaired) electrons. The molecular weight excluding hydrogens is 413 g/mol. The smallest absolute Gasteiger partial charge is 0.418 e. The van der Waals surface area contributed by atoms with Crippen LogP contribution in [0.2, 0.25) is 0 Å². The minimum Gasteiger partial charge on any atom is -0.418 e. The summed E-state index contributed by atoms with van der Waals surface area (Å²) in [6, 6.07) is 21.2. The van der Waals surface area contributed by atoms with Gasteiger partial charge in [-0.3, -0.25) is 0 Å². The summed E-state index contributed by atoms with van der Waals surface area (Å²) in [7, 11) is -5.22. The van der Waals surface area contributed by atoms with E-state index in [1.807, 2.05) is 0 Å². The van der Waals surface area contributed by atoms with Gasteiger partial charge in [-0.1, -0.05) is 95.9 Å². The van der Waals surface area contributed by atoms with Gasteiger partial charge in [0.15, 0.2) is 0 Å². The molecule has 23 heavy (non-hydrogen) atoms. The average Bonchev–Trinajstić information content (AvgIpc) is 2.48. The molecule has 131 valence electrons. The Balaban J connectivity index is 0. The van der Waals surface area contributed by atoms with E-state index >= 15 is 0 Å². The quantitative estimate of drug-likeness (QED) is 0.344. The van der Waals surface area contributed by atoms with E-state index in [2.05, 4.69) is 74.5 Å². The van der Waals surface area contributed by atoms with E-state index in [1.165, 1.54) is 23.5 Å². The Morgan fingerprint density at radius 2 is 0.957 bits per heavy atom. The van der Waals surface area contributed by atoms with Crippen molar-refractivity contribution in [1.29, 1.82) is 0 Å². The molecule has 0 aliphatic heterocycles. The van der Waals surface area contributed by atoms with Crippen LogP contribution in [0.1, 0.15) is 26.7 Å². The van der Waals surface area contributed by atoms with Crippen molar-refractivity contribution in [2.45, 2.75) is 26.7 Å². The van der Waals surface area contributed by atoms with Crippen molar-refractivity contribution < 1.29 is 36.7 Å². The van der Waals surface area contributed by atoms with Crippen LogP contribution < -0.4 is 10.6 Å². The van der Waals surface area contributed by atoms with Crippen LogP contribution in [0.4, 0.5) is 17.3 Å². The third-order valence-electron chi connectivity index (χ3n) is 2.34. The van der Waals surface area contributed by atoms with Crippen molar-refractivity contribution >= 4 is 26.4 Å². The fraction of sp³-hybridized carbons (Fsp3) is 0.250. The summed E-state index contributed by atoms with van der Waals surface area (Å²) in [5.74, 6) is 0. The van der Waals surface area contributed by atoms with Crippen molar-refractivity contribution in [3.63, 3.8) is 0 Å². The van der Waals surface area contributed by atoms with Gasteiger partial charge in [0.25, 0.3) is 0 Å². The van der Waals surface area contributed by atoms with E-state index in [-0.39, 0.29) is 19.5 Å². The summed E-state index contributed by atoms with van der Waals surface area (Å²) in [6.45, 7) is 4.36. The molecule has 2 rings (SSSR count). The van der Waals surface area contributed by atoms with Crippen molar-refractivity contribution in [2.24, 2.45) is 0 Å². The summed E-state index contributed by atoms with van der Waals surface area (Å²) < 4.78 is 39.0. The zero-order valence-electron chi connectivity index (χ0n) is 13.1. The van der Waals surface area contributed by atoms with Gasteiger partial charge in [-0.05, 0) is 10.6 Å². The van der Waals surface area contributed by atoms with Gasteiger partial charge in [0, 0.05) is 19.5 Å². The fourth-order valence-corrected chi connectivity index (χ4v) is 2.26. The number of rotatable bonds is 3. The zero-order chi connectivity index (χ0) is 16.8. The van der Waals surface area contributed by atoms with E-state index in [4.69, 9.17) is 0 Å². The Labute approximate surface area is 150 Å². The molecule has 0 unspecified atom stereocenters. The number of unbranched alkanes of at least 4 members (excludes halogenated alkanes) is 1. The third-order valence-corrected chi connectivity index (χ3v) is 3.58. The van der Waals surface area contributed by atoms with E-state index in [0.717, 1.165) is 8.58 Å². The number of hydrogen-bond acceptors (Lipinski definition) is 0. The minimum absolute atomic E-state index is 0. The van der Waals surface area contributed by atoms with Crippen LogP contribution in [0.5, 0.6) is 0 Å². The van der Waals surface area contributed by atoms with Crippen LogP contribution >= 0.6 is 8.58 Å². The predicted molar refractivity (Wildman–Crippen MR) is 91.2 cm³/mol.